The van der Waals surface area contributed by atoms with Crippen molar-refractivity contribution in [2.24, 2.45) is 0 Å². The molecule has 2 rings (SSSR count). The third-order valence-electron chi connectivity index (χ3n) is 2.47. The van der Waals surface area contributed by atoms with E-state index in [1.54, 1.807) is 30.5 Å². The fourth-order valence-corrected chi connectivity index (χ4v) is 1.72. The lowest BCUT2D eigenvalue weighted by molar-refractivity contribution is -0.181. The van der Waals surface area contributed by atoms with Crippen molar-refractivity contribution >= 4 is 17.2 Å². The number of halogens is 3. The van der Waals surface area contributed by atoms with Gasteiger partial charge in [0, 0.05) is 17.1 Å². The predicted octanol–water partition coefficient (Wildman–Crippen LogP) is 2.99. The van der Waals surface area contributed by atoms with Crippen molar-refractivity contribution in [1.82, 2.24) is 4.57 Å². The number of ether oxygens (including phenoxy) is 1. The van der Waals surface area contributed by atoms with Gasteiger partial charge in [-0.3, -0.25) is 4.79 Å². The largest absolute Gasteiger partial charge is 0.411 e. The number of carbonyl (C=O) groups is 1. The number of hydrogen-bond acceptors (Lipinski definition) is 2. The van der Waals surface area contributed by atoms with Crippen LogP contribution in [-0.2, 0) is 11.5 Å². The van der Waals surface area contributed by atoms with Gasteiger partial charge in [-0.2, -0.15) is 13.2 Å². The summed E-state index contributed by atoms with van der Waals surface area (Å²) >= 11 is 0. The molecule has 0 atom stereocenters. The Morgan fingerprint density at radius 3 is 2.72 bits per heavy atom. The van der Waals surface area contributed by atoms with Crippen LogP contribution >= 0.6 is 0 Å². The second kappa shape index (κ2) is 4.81. The summed E-state index contributed by atoms with van der Waals surface area (Å²) in [6, 6.07) is 6.72. The summed E-state index contributed by atoms with van der Waals surface area (Å²) in [5.74, 6) is 0. The first kappa shape index (κ1) is 12.6. The van der Waals surface area contributed by atoms with E-state index in [1.807, 2.05) is 0 Å². The first-order valence-electron chi connectivity index (χ1n) is 5.19. The molecule has 96 valence electrons. The Hall–Kier alpha value is -1.82. The number of benzene rings is 1. The maximum atomic E-state index is 11.9. The van der Waals surface area contributed by atoms with E-state index >= 15 is 0 Å². The van der Waals surface area contributed by atoms with E-state index in [0.717, 1.165) is 0 Å². The monoisotopic (exact) mass is 257 g/mol. The number of rotatable bonds is 4. The van der Waals surface area contributed by atoms with E-state index in [-0.39, 0.29) is 6.73 Å². The lowest BCUT2D eigenvalue weighted by Gasteiger charge is -2.09. The van der Waals surface area contributed by atoms with Crippen LogP contribution in [-0.4, -0.2) is 23.6 Å². The molecule has 0 bridgehead atoms. The summed E-state index contributed by atoms with van der Waals surface area (Å²) < 4.78 is 41.9. The van der Waals surface area contributed by atoms with Crippen LogP contribution in [0.2, 0.25) is 0 Å². The maximum Gasteiger partial charge on any atom is 0.411 e. The molecular weight excluding hydrogens is 247 g/mol. The minimum absolute atomic E-state index is 0.203. The molecule has 2 aromatic rings. The minimum Gasteiger partial charge on any atom is -0.351 e. The van der Waals surface area contributed by atoms with Gasteiger partial charge in [-0.05, 0) is 12.1 Å². The molecule has 0 amide bonds. The Morgan fingerprint density at radius 2 is 2.06 bits per heavy atom. The number of aromatic nitrogens is 1. The van der Waals surface area contributed by atoms with Gasteiger partial charge >= 0.3 is 6.18 Å². The highest BCUT2D eigenvalue weighted by Gasteiger charge is 2.27. The Morgan fingerprint density at radius 1 is 1.28 bits per heavy atom. The van der Waals surface area contributed by atoms with E-state index in [4.69, 9.17) is 0 Å². The zero-order chi connectivity index (χ0) is 13.2. The van der Waals surface area contributed by atoms with Crippen LogP contribution in [0.4, 0.5) is 13.2 Å². The SMILES string of the molecule is O=Cc1cccc2c1ccn2COCC(F)(F)F. The third kappa shape index (κ3) is 2.70. The molecule has 3 nitrogen and oxygen atoms in total. The van der Waals surface area contributed by atoms with Crippen molar-refractivity contribution in [1.29, 1.82) is 0 Å². The molecule has 0 saturated heterocycles. The smallest absolute Gasteiger partial charge is 0.351 e. The van der Waals surface area contributed by atoms with E-state index in [0.29, 0.717) is 22.8 Å². The second-order valence-electron chi connectivity index (χ2n) is 3.78. The van der Waals surface area contributed by atoms with E-state index in [1.165, 1.54) is 4.57 Å². The third-order valence-corrected chi connectivity index (χ3v) is 2.47. The molecule has 1 aromatic heterocycles. The summed E-state index contributed by atoms with van der Waals surface area (Å²) in [5.41, 5.74) is 1.17. The average molecular weight is 257 g/mol. The van der Waals surface area contributed by atoms with Crippen LogP contribution in [0.25, 0.3) is 10.9 Å². The number of aldehydes is 1. The fraction of sp³-hybridized carbons (Fsp3) is 0.250. The summed E-state index contributed by atoms with van der Waals surface area (Å²) in [4.78, 5) is 10.8. The molecule has 0 aliphatic heterocycles. The van der Waals surface area contributed by atoms with Crippen LogP contribution in [0.3, 0.4) is 0 Å². The van der Waals surface area contributed by atoms with Gasteiger partial charge in [0.2, 0.25) is 0 Å². The van der Waals surface area contributed by atoms with Crippen molar-refractivity contribution in [2.45, 2.75) is 12.9 Å². The number of carbonyl (C=O) groups excluding carboxylic acids is 1. The highest BCUT2D eigenvalue weighted by Crippen LogP contribution is 2.20. The highest BCUT2D eigenvalue weighted by molar-refractivity contribution is 5.97. The van der Waals surface area contributed by atoms with Crippen LogP contribution in [0.1, 0.15) is 10.4 Å². The van der Waals surface area contributed by atoms with Crippen LogP contribution in [0.15, 0.2) is 30.5 Å². The van der Waals surface area contributed by atoms with Crippen LogP contribution in [0, 0.1) is 0 Å². The molecular formula is C12H10F3NO2. The van der Waals surface area contributed by atoms with Gasteiger partial charge < -0.3 is 9.30 Å². The molecule has 0 spiro atoms. The molecule has 0 unspecified atom stereocenters. The fourth-order valence-electron chi connectivity index (χ4n) is 1.72. The summed E-state index contributed by atoms with van der Waals surface area (Å²) in [7, 11) is 0. The normalized spacial score (nSPS) is 11.9. The van der Waals surface area contributed by atoms with Gasteiger partial charge in [-0.25, -0.2) is 0 Å². The lowest BCUT2D eigenvalue weighted by atomic mass is 10.1. The standard InChI is InChI=1S/C12H10F3NO2/c13-12(14,15)7-18-8-16-5-4-10-9(6-17)2-1-3-11(10)16/h1-6H,7-8H2. The molecule has 0 N–H and O–H groups in total. The van der Waals surface area contributed by atoms with E-state index in [2.05, 4.69) is 4.74 Å². The van der Waals surface area contributed by atoms with Crippen LogP contribution in [0.5, 0.6) is 0 Å². The quantitative estimate of drug-likeness (QED) is 0.788. The van der Waals surface area contributed by atoms with E-state index in [9.17, 15) is 18.0 Å². The Bertz CT molecular complexity index is 560. The summed E-state index contributed by atoms with van der Waals surface area (Å²) in [5, 5.41) is 0.697. The van der Waals surface area contributed by atoms with Crippen molar-refractivity contribution in [3.05, 3.63) is 36.0 Å². The summed E-state index contributed by atoms with van der Waals surface area (Å²) in [6.07, 6.45) is -2.03. The van der Waals surface area contributed by atoms with Crippen molar-refractivity contribution in [2.75, 3.05) is 6.61 Å². The van der Waals surface area contributed by atoms with Crippen molar-refractivity contribution in [3.8, 4) is 0 Å². The Kier molecular flexibility index (Phi) is 3.38. The molecule has 0 aliphatic rings. The maximum absolute atomic E-state index is 11.9. The lowest BCUT2D eigenvalue weighted by Crippen LogP contribution is -2.18. The van der Waals surface area contributed by atoms with Gasteiger partial charge in [0.15, 0.2) is 6.29 Å². The average Bonchev–Trinajstić information content (AvgIpc) is 2.71. The number of fused-ring (bicyclic) bond motifs is 1. The molecule has 18 heavy (non-hydrogen) atoms. The molecule has 1 heterocycles. The number of nitrogens with zero attached hydrogens (tertiary/aromatic N) is 1. The minimum atomic E-state index is -4.34. The second-order valence-corrected chi connectivity index (χ2v) is 3.78. The van der Waals surface area contributed by atoms with Crippen LogP contribution < -0.4 is 0 Å². The van der Waals surface area contributed by atoms with Crippen molar-refractivity contribution < 1.29 is 22.7 Å². The zero-order valence-electron chi connectivity index (χ0n) is 9.28. The van der Waals surface area contributed by atoms with Gasteiger partial charge in [0.05, 0.1) is 5.52 Å². The summed E-state index contributed by atoms with van der Waals surface area (Å²) in [6.45, 7) is -1.49. The molecule has 0 fully saturated rings. The number of hydrogen-bond donors (Lipinski definition) is 0. The Labute approximate surface area is 101 Å². The molecule has 0 saturated carbocycles. The Balaban J connectivity index is 2.17. The predicted molar refractivity (Wildman–Crippen MR) is 59.3 cm³/mol. The van der Waals surface area contributed by atoms with Gasteiger partial charge in [-0.15, -0.1) is 0 Å². The van der Waals surface area contributed by atoms with Gasteiger partial charge in [0.1, 0.15) is 13.3 Å². The first-order valence-corrected chi connectivity index (χ1v) is 5.19. The first-order chi connectivity index (χ1) is 8.51. The topological polar surface area (TPSA) is 31.2 Å². The molecule has 6 heteroatoms. The number of alkyl halides is 3. The van der Waals surface area contributed by atoms with Crippen molar-refractivity contribution in [3.63, 3.8) is 0 Å². The van der Waals surface area contributed by atoms with Gasteiger partial charge in [-0.1, -0.05) is 12.1 Å². The molecule has 0 radical (unpaired) electrons. The van der Waals surface area contributed by atoms with E-state index < -0.39 is 12.8 Å². The highest BCUT2D eigenvalue weighted by atomic mass is 19.4. The van der Waals surface area contributed by atoms with Gasteiger partial charge in [0.25, 0.3) is 0 Å². The molecule has 0 aliphatic carbocycles. The molecule has 1 aromatic carbocycles. The zero-order valence-corrected chi connectivity index (χ0v) is 9.28.